The highest BCUT2D eigenvalue weighted by atomic mass is 32.2. The Kier molecular flexibility index (Phi) is 6.43. The summed E-state index contributed by atoms with van der Waals surface area (Å²) in [6.45, 7) is -0.0126. The van der Waals surface area contributed by atoms with Crippen LogP contribution in [0, 0.1) is 0 Å². The predicted octanol–water partition coefficient (Wildman–Crippen LogP) is 1.76. The van der Waals surface area contributed by atoms with E-state index in [-0.39, 0.29) is 23.4 Å². The van der Waals surface area contributed by atoms with Crippen LogP contribution in [0.4, 0.5) is 0 Å². The van der Waals surface area contributed by atoms with E-state index in [1.165, 1.54) is 30.5 Å². The third kappa shape index (κ3) is 5.77. The fourth-order valence-corrected chi connectivity index (χ4v) is 3.53. The number of hydrazine groups is 1. The molecule has 3 rings (SSSR count). The van der Waals surface area contributed by atoms with Crippen molar-refractivity contribution in [2.24, 2.45) is 0 Å². The van der Waals surface area contributed by atoms with Gasteiger partial charge in [0.05, 0.1) is 24.1 Å². The van der Waals surface area contributed by atoms with Crippen LogP contribution in [-0.4, -0.2) is 20.2 Å². The van der Waals surface area contributed by atoms with E-state index in [4.69, 9.17) is 4.42 Å². The van der Waals surface area contributed by atoms with E-state index in [0.29, 0.717) is 5.76 Å². The first-order valence-electron chi connectivity index (χ1n) is 8.69. The zero-order valence-corrected chi connectivity index (χ0v) is 16.1. The van der Waals surface area contributed by atoms with E-state index >= 15 is 0 Å². The summed E-state index contributed by atoms with van der Waals surface area (Å²) in [5.74, 6) is -0.563. The van der Waals surface area contributed by atoms with Crippen LogP contribution in [0.3, 0.4) is 0 Å². The van der Waals surface area contributed by atoms with E-state index in [1.54, 1.807) is 24.3 Å². The van der Waals surface area contributed by atoms with Crippen LogP contribution in [0.25, 0.3) is 0 Å². The summed E-state index contributed by atoms with van der Waals surface area (Å²) in [6, 6.07) is 17.8. The van der Waals surface area contributed by atoms with Crippen LogP contribution < -0.4 is 15.6 Å². The van der Waals surface area contributed by atoms with Gasteiger partial charge in [0.1, 0.15) is 5.76 Å². The second-order valence-electron chi connectivity index (χ2n) is 6.10. The van der Waals surface area contributed by atoms with Gasteiger partial charge in [0.25, 0.3) is 5.91 Å². The first-order valence-corrected chi connectivity index (χ1v) is 10.2. The quantitative estimate of drug-likeness (QED) is 0.510. The molecule has 0 saturated heterocycles. The number of rotatable bonds is 7. The molecule has 1 aromatic heterocycles. The molecule has 2 aromatic carbocycles. The number of benzene rings is 2. The van der Waals surface area contributed by atoms with Crippen molar-refractivity contribution in [1.29, 1.82) is 0 Å². The zero-order chi connectivity index (χ0) is 20.7. The van der Waals surface area contributed by atoms with Gasteiger partial charge in [0.15, 0.2) is 0 Å². The lowest BCUT2D eigenvalue weighted by atomic mass is 10.1. The number of amides is 2. The van der Waals surface area contributed by atoms with Gasteiger partial charge in [-0.3, -0.25) is 20.4 Å². The molecule has 0 aliphatic heterocycles. The third-order valence-electron chi connectivity index (χ3n) is 3.95. The Balaban J connectivity index is 1.59. The molecule has 150 valence electrons. The van der Waals surface area contributed by atoms with Crippen LogP contribution in [0.1, 0.15) is 21.7 Å². The van der Waals surface area contributed by atoms with Gasteiger partial charge in [0.2, 0.25) is 15.9 Å². The SMILES string of the molecule is O=C(Cc1ccccc1)NNC(=O)c1cccc(S(=O)(=O)NCc2ccco2)c1. The fraction of sp³-hybridized carbons (Fsp3) is 0.100. The van der Waals surface area contributed by atoms with E-state index < -0.39 is 21.8 Å². The normalized spacial score (nSPS) is 11.0. The maximum Gasteiger partial charge on any atom is 0.269 e. The Hall–Kier alpha value is -3.43. The number of sulfonamides is 1. The minimum Gasteiger partial charge on any atom is -0.468 e. The molecule has 8 nitrogen and oxygen atoms in total. The zero-order valence-electron chi connectivity index (χ0n) is 15.3. The maximum absolute atomic E-state index is 12.4. The first-order chi connectivity index (χ1) is 13.9. The van der Waals surface area contributed by atoms with Crippen LogP contribution in [0.2, 0.25) is 0 Å². The van der Waals surface area contributed by atoms with E-state index in [0.717, 1.165) is 5.56 Å². The van der Waals surface area contributed by atoms with Crippen LogP contribution in [-0.2, 0) is 27.8 Å². The minimum atomic E-state index is -3.84. The predicted molar refractivity (Wildman–Crippen MR) is 105 cm³/mol. The molecule has 3 N–H and O–H groups in total. The number of carbonyl (C=O) groups is 2. The summed E-state index contributed by atoms with van der Waals surface area (Å²) in [6.07, 6.45) is 1.55. The number of carbonyl (C=O) groups excluding carboxylic acids is 2. The van der Waals surface area contributed by atoms with Gasteiger partial charge in [-0.25, -0.2) is 13.1 Å². The van der Waals surface area contributed by atoms with Crippen molar-refractivity contribution in [3.63, 3.8) is 0 Å². The van der Waals surface area contributed by atoms with Crippen molar-refractivity contribution in [3.05, 3.63) is 89.9 Å². The van der Waals surface area contributed by atoms with Crippen LogP contribution >= 0.6 is 0 Å². The van der Waals surface area contributed by atoms with Crippen molar-refractivity contribution in [1.82, 2.24) is 15.6 Å². The highest BCUT2D eigenvalue weighted by molar-refractivity contribution is 7.89. The van der Waals surface area contributed by atoms with E-state index in [2.05, 4.69) is 15.6 Å². The van der Waals surface area contributed by atoms with Gasteiger partial charge in [-0.2, -0.15) is 0 Å². The largest absolute Gasteiger partial charge is 0.468 e. The Labute approximate surface area is 168 Å². The lowest BCUT2D eigenvalue weighted by Gasteiger charge is -2.09. The van der Waals surface area contributed by atoms with Crippen molar-refractivity contribution in [2.45, 2.75) is 17.9 Å². The average molecular weight is 413 g/mol. The summed E-state index contributed by atoms with van der Waals surface area (Å²) >= 11 is 0. The third-order valence-corrected chi connectivity index (χ3v) is 5.34. The van der Waals surface area contributed by atoms with Gasteiger partial charge in [-0.1, -0.05) is 36.4 Å². The molecule has 0 spiro atoms. The summed E-state index contributed by atoms with van der Waals surface area (Å²) in [5.41, 5.74) is 5.49. The maximum atomic E-state index is 12.4. The monoisotopic (exact) mass is 413 g/mol. The number of hydrogen-bond acceptors (Lipinski definition) is 5. The Morgan fingerprint density at radius 1 is 0.897 bits per heavy atom. The molecule has 2 amide bonds. The summed E-state index contributed by atoms with van der Waals surface area (Å²) < 4.78 is 32.3. The van der Waals surface area contributed by atoms with Crippen LogP contribution in [0.15, 0.2) is 82.3 Å². The van der Waals surface area contributed by atoms with Crippen molar-refractivity contribution >= 4 is 21.8 Å². The second kappa shape index (κ2) is 9.18. The summed E-state index contributed by atoms with van der Waals surface area (Å²) in [7, 11) is -3.84. The molecule has 9 heteroatoms. The van der Waals surface area contributed by atoms with Crippen molar-refractivity contribution < 1.29 is 22.4 Å². The Bertz CT molecular complexity index is 1080. The van der Waals surface area contributed by atoms with Gasteiger partial charge >= 0.3 is 0 Å². The molecule has 0 bridgehead atoms. The number of hydrogen-bond donors (Lipinski definition) is 3. The Morgan fingerprint density at radius 3 is 2.41 bits per heavy atom. The molecule has 0 saturated carbocycles. The van der Waals surface area contributed by atoms with Crippen molar-refractivity contribution in [3.8, 4) is 0 Å². The molecule has 1 heterocycles. The lowest BCUT2D eigenvalue weighted by Crippen LogP contribution is -2.42. The molecule has 0 radical (unpaired) electrons. The molecule has 0 fully saturated rings. The second-order valence-corrected chi connectivity index (χ2v) is 7.86. The van der Waals surface area contributed by atoms with Gasteiger partial charge in [-0.15, -0.1) is 0 Å². The summed E-state index contributed by atoms with van der Waals surface area (Å²) in [5, 5.41) is 0. The van der Waals surface area contributed by atoms with E-state index in [1.807, 2.05) is 18.2 Å². The van der Waals surface area contributed by atoms with Crippen LogP contribution in [0.5, 0.6) is 0 Å². The topological polar surface area (TPSA) is 118 Å². The van der Waals surface area contributed by atoms with Gasteiger partial charge < -0.3 is 4.42 Å². The van der Waals surface area contributed by atoms with E-state index in [9.17, 15) is 18.0 Å². The smallest absolute Gasteiger partial charge is 0.269 e. The lowest BCUT2D eigenvalue weighted by molar-refractivity contribution is -0.121. The first kappa shape index (κ1) is 20.3. The highest BCUT2D eigenvalue weighted by Gasteiger charge is 2.17. The average Bonchev–Trinajstić information content (AvgIpc) is 3.25. The standard InChI is InChI=1S/C20H19N3O5S/c24-19(12-15-6-2-1-3-7-15)22-23-20(25)16-8-4-10-18(13-16)29(26,27)21-14-17-9-5-11-28-17/h1-11,13,21H,12,14H2,(H,22,24)(H,23,25). The molecule has 0 aliphatic carbocycles. The number of nitrogens with one attached hydrogen (secondary N) is 3. The van der Waals surface area contributed by atoms with Gasteiger partial charge in [0, 0.05) is 5.56 Å². The molecule has 29 heavy (non-hydrogen) atoms. The molecule has 0 atom stereocenters. The van der Waals surface area contributed by atoms with Gasteiger partial charge in [-0.05, 0) is 35.9 Å². The minimum absolute atomic E-state index is 0.0126. The van der Waals surface area contributed by atoms with Crippen molar-refractivity contribution in [2.75, 3.05) is 0 Å². The fourth-order valence-electron chi connectivity index (χ4n) is 2.49. The molecular formula is C20H19N3O5S. The number of furan rings is 1. The summed E-state index contributed by atoms with van der Waals surface area (Å²) in [4.78, 5) is 24.1. The molecule has 3 aromatic rings. The molecule has 0 aliphatic rings. The highest BCUT2D eigenvalue weighted by Crippen LogP contribution is 2.12. The molecule has 0 unspecified atom stereocenters. The molecular weight excluding hydrogens is 394 g/mol. The Morgan fingerprint density at radius 2 is 1.69 bits per heavy atom.